The van der Waals surface area contributed by atoms with Crippen LogP contribution < -0.4 is 5.32 Å². The van der Waals surface area contributed by atoms with Crippen LogP contribution in [0.2, 0.25) is 0 Å². The summed E-state index contributed by atoms with van der Waals surface area (Å²) in [6, 6.07) is 0.836. The Morgan fingerprint density at radius 3 is 2.58 bits per heavy atom. The van der Waals surface area contributed by atoms with E-state index in [9.17, 15) is 13.2 Å². The quantitative estimate of drug-likeness (QED) is 0.942. The standard InChI is InChI=1S/C11H11F3N4S/c1-6-7(2)19-9(17-6)5-16-10-15-4-3-8(18-10)11(12,13)14/h3-4H,5H2,1-2H3,(H,15,16,18). The topological polar surface area (TPSA) is 50.7 Å². The van der Waals surface area contributed by atoms with Gasteiger partial charge in [0.05, 0.1) is 12.2 Å². The lowest BCUT2D eigenvalue weighted by molar-refractivity contribution is -0.141. The molecule has 2 heterocycles. The van der Waals surface area contributed by atoms with Crippen LogP contribution in [0.15, 0.2) is 12.3 Å². The Morgan fingerprint density at radius 2 is 2.00 bits per heavy atom. The van der Waals surface area contributed by atoms with Crippen molar-refractivity contribution in [2.45, 2.75) is 26.6 Å². The molecule has 19 heavy (non-hydrogen) atoms. The van der Waals surface area contributed by atoms with Crippen molar-refractivity contribution in [1.82, 2.24) is 15.0 Å². The first kappa shape index (κ1) is 13.7. The van der Waals surface area contributed by atoms with Gasteiger partial charge in [-0.1, -0.05) is 0 Å². The van der Waals surface area contributed by atoms with E-state index in [1.165, 1.54) is 11.3 Å². The molecule has 2 aromatic heterocycles. The maximum atomic E-state index is 12.5. The molecule has 0 aliphatic carbocycles. The minimum Gasteiger partial charge on any atom is -0.348 e. The van der Waals surface area contributed by atoms with Crippen LogP contribution in [0.25, 0.3) is 0 Å². The van der Waals surface area contributed by atoms with Crippen molar-refractivity contribution in [3.63, 3.8) is 0 Å². The summed E-state index contributed by atoms with van der Waals surface area (Å²) < 4.78 is 37.4. The highest BCUT2D eigenvalue weighted by Crippen LogP contribution is 2.27. The third-order valence-corrected chi connectivity index (χ3v) is 3.49. The van der Waals surface area contributed by atoms with Crippen molar-refractivity contribution in [3.05, 3.63) is 33.5 Å². The predicted octanol–water partition coefficient (Wildman–Crippen LogP) is 3.18. The number of aromatic nitrogens is 3. The second-order valence-electron chi connectivity index (χ2n) is 3.87. The van der Waals surface area contributed by atoms with Gasteiger partial charge < -0.3 is 5.32 Å². The minimum atomic E-state index is -4.46. The van der Waals surface area contributed by atoms with Gasteiger partial charge in [0.25, 0.3) is 0 Å². The summed E-state index contributed by atoms with van der Waals surface area (Å²) in [4.78, 5) is 12.5. The Bertz CT molecular complexity index is 560. The van der Waals surface area contributed by atoms with Crippen LogP contribution in [-0.2, 0) is 12.7 Å². The molecule has 2 aromatic rings. The normalized spacial score (nSPS) is 11.6. The summed E-state index contributed by atoms with van der Waals surface area (Å²) in [6.07, 6.45) is -3.38. The number of alkyl halides is 3. The van der Waals surface area contributed by atoms with Crippen molar-refractivity contribution in [3.8, 4) is 0 Å². The molecule has 0 amide bonds. The van der Waals surface area contributed by atoms with Crippen LogP contribution in [0.5, 0.6) is 0 Å². The molecule has 0 bridgehead atoms. The molecule has 4 nitrogen and oxygen atoms in total. The van der Waals surface area contributed by atoms with E-state index in [1.54, 1.807) is 0 Å². The maximum absolute atomic E-state index is 12.5. The van der Waals surface area contributed by atoms with Gasteiger partial charge in [0, 0.05) is 11.1 Å². The van der Waals surface area contributed by atoms with E-state index < -0.39 is 11.9 Å². The number of thiazole rings is 1. The third-order valence-electron chi connectivity index (χ3n) is 2.42. The summed E-state index contributed by atoms with van der Waals surface area (Å²) >= 11 is 1.49. The zero-order valence-corrected chi connectivity index (χ0v) is 11.1. The van der Waals surface area contributed by atoms with E-state index in [0.29, 0.717) is 6.54 Å². The molecule has 0 saturated heterocycles. The minimum absolute atomic E-state index is 0.0552. The maximum Gasteiger partial charge on any atom is 0.433 e. The average molecular weight is 288 g/mol. The van der Waals surface area contributed by atoms with E-state index in [-0.39, 0.29) is 5.95 Å². The molecule has 0 radical (unpaired) electrons. The van der Waals surface area contributed by atoms with Crippen molar-refractivity contribution in [1.29, 1.82) is 0 Å². The summed E-state index contributed by atoms with van der Waals surface area (Å²) in [5.74, 6) is -0.0552. The Morgan fingerprint density at radius 1 is 1.26 bits per heavy atom. The molecule has 0 atom stereocenters. The first-order valence-corrected chi connectivity index (χ1v) is 6.25. The van der Waals surface area contributed by atoms with Gasteiger partial charge in [0.2, 0.25) is 5.95 Å². The molecule has 0 saturated carbocycles. The SMILES string of the molecule is Cc1nc(CNc2nccc(C(F)(F)F)n2)sc1C. The van der Waals surface area contributed by atoms with Gasteiger partial charge in [0.15, 0.2) is 0 Å². The molecule has 2 rings (SSSR count). The van der Waals surface area contributed by atoms with Gasteiger partial charge in [-0.15, -0.1) is 11.3 Å². The molecular weight excluding hydrogens is 277 g/mol. The molecule has 0 spiro atoms. The number of hydrogen-bond donors (Lipinski definition) is 1. The first-order chi connectivity index (χ1) is 8.86. The largest absolute Gasteiger partial charge is 0.433 e. The summed E-state index contributed by atoms with van der Waals surface area (Å²) in [7, 11) is 0. The lowest BCUT2D eigenvalue weighted by Gasteiger charge is -2.07. The van der Waals surface area contributed by atoms with E-state index in [4.69, 9.17) is 0 Å². The molecule has 0 aliphatic rings. The fraction of sp³-hybridized carbons (Fsp3) is 0.364. The highest BCUT2D eigenvalue weighted by molar-refractivity contribution is 7.11. The number of hydrogen-bond acceptors (Lipinski definition) is 5. The van der Waals surface area contributed by atoms with Gasteiger partial charge in [-0.25, -0.2) is 15.0 Å². The fourth-order valence-corrected chi connectivity index (χ4v) is 2.24. The molecule has 0 unspecified atom stereocenters. The predicted molar refractivity (Wildman–Crippen MR) is 65.9 cm³/mol. The zero-order valence-electron chi connectivity index (χ0n) is 10.2. The second kappa shape index (κ2) is 5.12. The number of halogens is 3. The molecule has 0 fully saturated rings. The summed E-state index contributed by atoms with van der Waals surface area (Å²) in [5.41, 5.74) is -0.0386. The number of nitrogens with zero attached hydrogens (tertiary/aromatic N) is 3. The Labute approximate surface area is 111 Å². The summed E-state index contributed by atoms with van der Waals surface area (Å²) in [6.45, 7) is 4.13. The van der Waals surface area contributed by atoms with E-state index in [2.05, 4.69) is 20.3 Å². The smallest absolute Gasteiger partial charge is 0.348 e. The first-order valence-electron chi connectivity index (χ1n) is 5.43. The molecule has 8 heteroatoms. The zero-order chi connectivity index (χ0) is 14.0. The highest BCUT2D eigenvalue weighted by atomic mass is 32.1. The highest BCUT2D eigenvalue weighted by Gasteiger charge is 2.32. The molecule has 0 aromatic carbocycles. The Balaban J connectivity index is 2.07. The van der Waals surface area contributed by atoms with Crippen LogP contribution >= 0.6 is 11.3 Å². The van der Waals surface area contributed by atoms with Gasteiger partial charge in [-0.05, 0) is 19.9 Å². The molecule has 1 N–H and O–H groups in total. The summed E-state index contributed by atoms with van der Waals surface area (Å²) in [5, 5.41) is 3.53. The second-order valence-corrected chi connectivity index (χ2v) is 5.15. The third kappa shape index (κ3) is 3.40. The monoisotopic (exact) mass is 288 g/mol. The van der Waals surface area contributed by atoms with Gasteiger partial charge in [-0.2, -0.15) is 13.2 Å². The van der Waals surface area contributed by atoms with E-state index in [0.717, 1.165) is 27.8 Å². The van der Waals surface area contributed by atoms with Crippen molar-refractivity contribution >= 4 is 17.3 Å². The number of anilines is 1. The van der Waals surface area contributed by atoms with Crippen molar-refractivity contribution < 1.29 is 13.2 Å². The van der Waals surface area contributed by atoms with Crippen LogP contribution in [0, 0.1) is 13.8 Å². The fourth-order valence-electron chi connectivity index (χ4n) is 1.37. The van der Waals surface area contributed by atoms with Gasteiger partial charge >= 0.3 is 6.18 Å². The number of nitrogens with one attached hydrogen (secondary N) is 1. The van der Waals surface area contributed by atoms with Crippen LogP contribution in [0.1, 0.15) is 21.3 Å². The van der Waals surface area contributed by atoms with E-state index in [1.807, 2.05) is 13.8 Å². The van der Waals surface area contributed by atoms with Gasteiger partial charge in [-0.3, -0.25) is 0 Å². The number of aryl methyl sites for hydroxylation is 2. The number of rotatable bonds is 3. The molecule has 102 valence electrons. The average Bonchev–Trinajstić information content (AvgIpc) is 2.66. The van der Waals surface area contributed by atoms with Gasteiger partial charge in [0.1, 0.15) is 10.7 Å². The molecule has 0 aliphatic heterocycles. The Hall–Kier alpha value is -1.70. The Kier molecular flexibility index (Phi) is 3.70. The lowest BCUT2D eigenvalue weighted by Crippen LogP contribution is -2.11. The van der Waals surface area contributed by atoms with Crippen LogP contribution in [0.3, 0.4) is 0 Å². The molecular formula is C11H11F3N4S. The van der Waals surface area contributed by atoms with Crippen molar-refractivity contribution in [2.75, 3.05) is 5.32 Å². The van der Waals surface area contributed by atoms with E-state index >= 15 is 0 Å². The van der Waals surface area contributed by atoms with Crippen LogP contribution in [-0.4, -0.2) is 15.0 Å². The van der Waals surface area contributed by atoms with Crippen LogP contribution in [0.4, 0.5) is 19.1 Å². The lowest BCUT2D eigenvalue weighted by atomic mass is 10.4. The van der Waals surface area contributed by atoms with Crippen molar-refractivity contribution in [2.24, 2.45) is 0 Å².